The summed E-state index contributed by atoms with van der Waals surface area (Å²) in [6.45, 7) is 5.92. The van der Waals surface area contributed by atoms with E-state index in [0.29, 0.717) is 0 Å². The number of allylic oxidation sites excluding steroid dienone is 1. The maximum absolute atomic E-state index is 3.91. The largest absolute Gasteiger partial charge is 0.0955 e. The Hall–Kier alpha value is -0.0800. The molecule has 0 spiro atoms. The highest BCUT2D eigenvalue weighted by Crippen LogP contribution is 2.21. The van der Waals surface area contributed by atoms with Crippen LogP contribution in [0.1, 0.15) is 18.1 Å². The Bertz CT molecular complexity index is 303. The molecule has 64 valence electrons. The lowest BCUT2D eigenvalue weighted by molar-refractivity contribution is 1.39. The maximum atomic E-state index is 3.91. The number of hydrogen-bond donors (Lipinski definition) is 0. The molecule has 1 aromatic carbocycles. The molecule has 0 heterocycles. The standard InChI is InChI=1S/C10H10Br2/c1-7(2)9-3-8(6-11)4-10(12)5-9/h3-5H,1,6H2,2H3. The molecule has 0 aliphatic rings. The second kappa shape index (κ2) is 4.24. The van der Waals surface area contributed by atoms with E-state index in [1.54, 1.807) is 0 Å². The Morgan fingerprint density at radius 1 is 1.42 bits per heavy atom. The Labute approximate surface area is 89.9 Å². The van der Waals surface area contributed by atoms with Crippen molar-refractivity contribution in [1.82, 2.24) is 0 Å². The number of alkyl halides is 1. The van der Waals surface area contributed by atoms with Crippen molar-refractivity contribution in [2.45, 2.75) is 12.3 Å². The first-order valence-electron chi connectivity index (χ1n) is 3.65. The summed E-state index contributed by atoms with van der Waals surface area (Å²) in [6.07, 6.45) is 0. The summed E-state index contributed by atoms with van der Waals surface area (Å²) in [5.74, 6) is 0. The monoisotopic (exact) mass is 288 g/mol. The van der Waals surface area contributed by atoms with Gasteiger partial charge in [0.2, 0.25) is 0 Å². The minimum atomic E-state index is 0.882. The topological polar surface area (TPSA) is 0 Å². The van der Waals surface area contributed by atoms with E-state index in [0.717, 1.165) is 15.4 Å². The molecule has 0 saturated carbocycles. The second-order valence-electron chi connectivity index (χ2n) is 2.76. The lowest BCUT2D eigenvalue weighted by Gasteiger charge is -2.03. The summed E-state index contributed by atoms with van der Waals surface area (Å²) in [5, 5.41) is 0.882. The van der Waals surface area contributed by atoms with E-state index in [1.165, 1.54) is 11.1 Å². The predicted molar refractivity (Wildman–Crippen MR) is 61.5 cm³/mol. The van der Waals surface area contributed by atoms with Gasteiger partial charge in [0, 0.05) is 9.80 Å². The van der Waals surface area contributed by atoms with Gasteiger partial charge in [0.15, 0.2) is 0 Å². The van der Waals surface area contributed by atoms with Crippen molar-refractivity contribution in [2.75, 3.05) is 0 Å². The van der Waals surface area contributed by atoms with Crippen molar-refractivity contribution < 1.29 is 0 Å². The van der Waals surface area contributed by atoms with Crippen LogP contribution in [0.2, 0.25) is 0 Å². The van der Waals surface area contributed by atoms with E-state index in [9.17, 15) is 0 Å². The molecular formula is C10H10Br2. The molecule has 0 unspecified atom stereocenters. The molecule has 0 nitrogen and oxygen atoms in total. The van der Waals surface area contributed by atoms with Crippen molar-refractivity contribution in [2.24, 2.45) is 0 Å². The van der Waals surface area contributed by atoms with Crippen LogP contribution in [0.4, 0.5) is 0 Å². The van der Waals surface area contributed by atoms with Gasteiger partial charge < -0.3 is 0 Å². The molecule has 1 rings (SSSR count). The van der Waals surface area contributed by atoms with E-state index in [2.05, 4.69) is 56.6 Å². The molecule has 0 radical (unpaired) electrons. The first kappa shape index (κ1) is 10.0. The third kappa shape index (κ3) is 2.46. The highest BCUT2D eigenvalue weighted by Gasteiger charge is 1.98. The average molecular weight is 290 g/mol. The highest BCUT2D eigenvalue weighted by atomic mass is 79.9. The van der Waals surface area contributed by atoms with Gasteiger partial charge in [0.25, 0.3) is 0 Å². The summed E-state index contributed by atoms with van der Waals surface area (Å²) in [4.78, 5) is 0. The second-order valence-corrected chi connectivity index (χ2v) is 4.24. The van der Waals surface area contributed by atoms with Gasteiger partial charge >= 0.3 is 0 Å². The normalized spacial score (nSPS) is 9.92. The van der Waals surface area contributed by atoms with Gasteiger partial charge in [-0.2, -0.15) is 0 Å². The lowest BCUT2D eigenvalue weighted by Crippen LogP contribution is -1.83. The molecule has 0 bridgehead atoms. The number of benzene rings is 1. The first-order valence-corrected chi connectivity index (χ1v) is 5.56. The van der Waals surface area contributed by atoms with Crippen LogP contribution in [-0.4, -0.2) is 0 Å². The van der Waals surface area contributed by atoms with Crippen LogP contribution < -0.4 is 0 Å². The van der Waals surface area contributed by atoms with Gasteiger partial charge in [-0.15, -0.1) is 0 Å². The summed E-state index contributed by atoms with van der Waals surface area (Å²) in [6, 6.07) is 6.32. The van der Waals surface area contributed by atoms with Crippen molar-refractivity contribution in [3.05, 3.63) is 40.4 Å². The fourth-order valence-corrected chi connectivity index (χ4v) is 1.84. The van der Waals surface area contributed by atoms with Gasteiger partial charge in [0.05, 0.1) is 0 Å². The number of halogens is 2. The van der Waals surface area contributed by atoms with Crippen molar-refractivity contribution >= 4 is 37.4 Å². The third-order valence-corrected chi connectivity index (χ3v) is 2.71. The Kier molecular flexibility index (Phi) is 3.53. The van der Waals surface area contributed by atoms with Crippen molar-refractivity contribution in [3.8, 4) is 0 Å². The average Bonchev–Trinajstić information content (AvgIpc) is 2.03. The van der Waals surface area contributed by atoms with Crippen LogP contribution in [0.5, 0.6) is 0 Å². The van der Waals surface area contributed by atoms with Crippen LogP contribution in [0.3, 0.4) is 0 Å². The zero-order chi connectivity index (χ0) is 9.14. The molecule has 0 N–H and O–H groups in total. The van der Waals surface area contributed by atoms with Crippen LogP contribution in [-0.2, 0) is 5.33 Å². The third-order valence-electron chi connectivity index (χ3n) is 1.60. The van der Waals surface area contributed by atoms with Crippen LogP contribution >= 0.6 is 31.9 Å². The molecule has 2 heteroatoms. The minimum absolute atomic E-state index is 0.882. The molecule has 0 aliphatic carbocycles. The highest BCUT2D eigenvalue weighted by molar-refractivity contribution is 9.10. The van der Waals surface area contributed by atoms with E-state index >= 15 is 0 Å². The molecule has 0 fully saturated rings. The molecule has 0 saturated heterocycles. The molecule has 0 aliphatic heterocycles. The van der Waals surface area contributed by atoms with Gasteiger partial charge in [0.1, 0.15) is 0 Å². The fraction of sp³-hybridized carbons (Fsp3) is 0.200. The zero-order valence-corrected chi connectivity index (χ0v) is 10.1. The summed E-state index contributed by atoms with van der Waals surface area (Å²) >= 11 is 6.88. The van der Waals surface area contributed by atoms with Gasteiger partial charge in [-0.05, 0) is 30.2 Å². The first-order chi connectivity index (χ1) is 5.63. The van der Waals surface area contributed by atoms with Crippen molar-refractivity contribution in [3.63, 3.8) is 0 Å². The van der Waals surface area contributed by atoms with Crippen molar-refractivity contribution in [1.29, 1.82) is 0 Å². The van der Waals surface area contributed by atoms with E-state index in [-0.39, 0.29) is 0 Å². The summed E-state index contributed by atoms with van der Waals surface area (Å²) < 4.78 is 1.11. The Morgan fingerprint density at radius 3 is 2.58 bits per heavy atom. The molecule has 12 heavy (non-hydrogen) atoms. The van der Waals surface area contributed by atoms with Crippen LogP contribution in [0.15, 0.2) is 29.3 Å². The zero-order valence-electron chi connectivity index (χ0n) is 6.90. The van der Waals surface area contributed by atoms with Crippen LogP contribution in [0.25, 0.3) is 5.57 Å². The maximum Gasteiger partial charge on any atom is 0.0283 e. The van der Waals surface area contributed by atoms with E-state index in [1.807, 2.05) is 6.92 Å². The quantitative estimate of drug-likeness (QED) is 0.709. The summed E-state index contributed by atoms with van der Waals surface area (Å²) in [7, 11) is 0. The van der Waals surface area contributed by atoms with E-state index < -0.39 is 0 Å². The molecule has 1 aromatic rings. The molecule has 0 aromatic heterocycles. The lowest BCUT2D eigenvalue weighted by atomic mass is 10.1. The number of rotatable bonds is 2. The Morgan fingerprint density at radius 2 is 2.08 bits per heavy atom. The number of hydrogen-bond acceptors (Lipinski definition) is 0. The van der Waals surface area contributed by atoms with Gasteiger partial charge in [-0.25, -0.2) is 0 Å². The predicted octanol–water partition coefficient (Wildman–Crippen LogP) is 4.38. The fourth-order valence-electron chi connectivity index (χ4n) is 0.974. The molecular weight excluding hydrogens is 280 g/mol. The smallest absolute Gasteiger partial charge is 0.0283 e. The summed E-state index contributed by atoms with van der Waals surface area (Å²) in [5.41, 5.74) is 3.56. The Balaban J connectivity index is 3.15. The SMILES string of the molecule is C=C(C)c1cc(Br)cc(CBr)c1. The van der Waals surface area contributed by atoms with E-state index in [4.69, 9.17) is 0 Å². The minimum Gasteiger partial charge on any atom is -0.0955 e. The van der Waals surface area contributed by atoms with Gasteiger partial charge in [-0.3, -0.25) is 0 Å². The molecule has 0 atom stereocenters. The van der Waals surface area contributed by atoms with Gasteiger partial charge in [-0.1, -0.05) is 50.1 Å². The molecule has 0 amide bonds. The van der Waals surface area contributed by atoms with Crippen LogP contribution in [0, 0.1) is 0 Å².